The van der Waals surface area contributed by atoms with Gasteiger partial charge >= 0.3 is 6.09 Å². The van der Waals surface area contributed by atoms with Crippen LogP contribution in [-0.2, 0) is 0 Å². The lowest BCUT2D eigenvalue weighted by atomic mass is 9.80. The molecule has 1 saturated carbocycles. The van der Waals surface area contributed by atoms with Crippen LogP contribution in [-0.4, -0.2) is 66.6 Å². The van der Waals surface area contributed by atoms with Crippen molar-refractivity contribution in [2.24, 2.45) is 5.92 Å². The lowest BCUT2D eigenvalue weighted by molar-refractivity contribution is 0.0647. The minimum atomic E-state index is -0.931. The number of piperidine rings is 1. The van der Waals surface area contributed by atoms with Gasteiger partial charge in [-0.05, 0) is 82.9 Å². The average Bonchev–Trinajstić information content (AvgIpc) is 2.98. The molecule has 6 rings (SSSR count). The molecule has 0 bridgehead atoms. The quantitative estimate of drug-likeness (QED) is 0.173. The molecule has 1 atom stereocenters. The van der Waals surface area contributed by atoms with Gasteiger partial charge in [-0.15, -0.1) is 0 Å². The van der Waals surface area contributed by atoms with E-state index in [1.807, 2.05) is 32.9 Å². The van der Waals surface area contributed by atoms with Crippen LogP contribution in [0.15, 0.2) is 48.8 Å². The molecule has 2 aliphatic rings. The molecule has 1 aliphatic heterocycles. The van der Waals surface area contributed by atoms with Crippen molar-refractivity contribution in [3.05, 3.63) is 65.2 Å². The molecule has 3 N–H and O–H groups in total. The van der Waals surface area contributed by atoms with Crippen LogP contribution in [0.2, 0.25) is 5.02 Å². The molecule has 0 spiro atoms. The van der Waals surface area contributed by atoms with Gasteiger partial charge in [0.05, 0.1) is 45.4 Å². The van der Waals surface area contributed by atoms with E-state index in [0.29, 0.717) is 45.8 Å². The molecule has 1 unspecified atom stereocenters. The van der Waals surface area contributed by atoms with Gasteiger partial charge in [-0.3, -0.25) is 14.7 Å². The first-order valence-electron chi connectivity index (χ1n) is 15.4. The number of nitrogens with one attached hydrogen (secondary N) is 1. The minimum Gasteiger partial charge on any atom is -0.504 e. The van der Waals surface area contributed by atoms with E-state index in [-0.39, 0.29) is 22.8 Å². The topological polar surface area (TPSA) is 132 Å². The highest BCUT2D eigenvalue weighted by molar-refractivity contribution is 6.32. The van der Waals surface area contributed by atoms with E-state index in [0.717, 1.165) is 50.5 Å². The number of phenols is 1. The van der Waals surface area contributed by atoms with Gasteiger partial charge in [0, 0.05) is 36.3 Å². The lowest BCUT2D eigenvalue weighted by Gasteiger charge is -2.44. The van der Waals surface area contributed by atoms with E-state index in [1.165, 1.54) is 11.0 Å². The zero-order valence-corrected chi connectivity index (χ0v) is 26.7. The Labute approximate surface area is 271 Å². The zero-order chi connectivity index (χ0) is 32.7. The number of aromatic nitrogens is 3. The van der Waals surface area contributed by atoms with Gasteiger partial charge in [0.1, 0.15) is 11.3 Å². The second kappa shape index (κ2) is 12.4. The first kappa shape index (κ1) is 31.5. The SMILES string of the molecule is CC(C)(C)N(C(=O)O)C1CCCN(c2ccc(Nc3c(C(=O)C4CCC4)cnc4ccc(-c5cc(F)c(O)c(Cl)c5)nc34)cn2)C1. The lowest BCUT2D eigenvalue weighted by Crippen LogP contribution is -2.57. The Hall–Kier alpha value is -4.51. The number of hydrogen-bond acceptors (Lipinski definition) is 8. The number of benzene rings is 1. The van der Waals surface area contributed by atoms with Gasteiger partial charge in [0.25, 0.3) is 0 Å². The molecule has 1 aliphatic carbocycles. The number of pyridine rings is 3. The van der Waals surface area contributed by atoms with Gasteiger partial charge in [0.15, 0.2) is 17.3 Å². The highest BCUT2D eigenvalue weighted by Crippen LogP contribution is 2.37. The Morgan fingerprint density at radius 3 is 2.48 bits per heavy atom. The maximum Gasteiger partial charge on any atom is 0.408 e. The fourth-order valence-electron chi connectivity index (χ4n) is 6.30. The monoisotopic (exact) mass is 646 g/mol. The van der Waals surface area contributed by atoms with E-state index in [9.17, 15) is 24.2 Å². The minimum absolute atomic E-state index is 0.0140. The summed E-state index contributed by atoms with van der Waals surface area (Å²) >= 11 is 6.05. The maximum absolute atomic E-state index is 14.4. The fraction of sp³-hybridized carbons (Fsp3) is 0.382. The predicted octanol–water partition coefficient (Wildman–Crippen LogP) is 7.66. The van der Waals surface area contributed by atoms with Crippen molar-refractivity contribution >= 4 is 51.7 Å². The smallest absolute Gasteiger partial charge is 0.408 e. The van der Waals surface area contributed by atoms with Crippen LogP contribution in [0.25, 0.3) is 22.3 Å². The van der Waals surface area contributed by atoms with E-state index in [1.54, 1.807) is 24.5 Å². The third kappa shape index (κ3) is 6.16. The Morgan fingerprint density at radius 1 is 1.07 bits per heavy atom. The number of phenolic OH excluding ortho intramolecular Hbond substituents is 1. The Kier molecular flexibility index (Phi) is 8.45. The van der Waals surface area contributed by atoms with Gasteiger partial charge < -0.3 is 20.4 Å². The van der Waals surface area contributed by atoms with Crippen LogP contribution < -0.4 is 10.2 Å². The summed E-state index contributed by atoms with van der Waals surface area (Å²) in [6.07, 6.45) is 6.57. The third-order valence-electron chi connectivity index (χ3n) is 8.80. The molecule has 1 saturated heterocycles. The molecule has 1 aromatic carbocycles. The molecule has 3 aromatic heterocycles. The number of nitrogens with zero attached hydrogens (tertiary/aromatic N) is 5. The summed E-state index contributed by atoms with van der Waals surface area (Å²) in [4.78, 5) is 43.3. The average molecular weight is 647 g/mol. The summed E-state index contributed by atoms with van der Waals surface area (Å²) in [5.41, 5.74) is 2.70. The fourth-order valence-corrected chi connectivity index (χ4v) is 6.51. The first-order chi connectivity index (χ1) is 21.9. The molecule has 46 heavy (non-hydrogen) atoms. The van der Waals surface area contributed by atoms with Gasteiger partial charge in [0.2, 0.25) is 0 Å². The number of carbonyl (C=O) groups is 2. The molecule has 2 fully saturated rings. The third-order valence-corrected chi connectivity index (χ3v) is 9.09. The highest BCUT2D eigenvalue weighted by Gasteiger charge is 2.36. The van der Waals surface area contributed by atoms with E-state index < -0.39 is 23.2 Å². The number of anilines is 3. The van der Waals surface area contributed by atoms with E-state index >= 15 is 0 Å². The van der Waals surface area contributed by atoms with Crippen molar-refractivity contribution in [2.75, 3.05) is 23.3 Å². The number of halogens is 2. The number of amides is 1. The summed E-state index contributed by atoms with van der Waals surface area (Å²) in [5, 5.41) is 23.0. The number of aromatic hydroxyl groups is 1. The van der Waals surface area contributed by atoms with Gasteiger partial charge in [-0.2, -0.15) is 0 Å². The molecule has 240 valence electrons. The zero-order valence-electron chi connectivity index (χ0n) is 25.9. The van der Waals surface area contributed by atoms with Crippen LogP contribution in [0.5, 0.6) is 5.75 Å². The number of fused-ring (bicyclic) bond motifs is 1. The number of hydrogen-bond donors (Lipinski definition) is 3. The molecule has 10 nitrogen and oxygen atoms in total. The van der Waals surface area contributed by atoms with E-state index in [2.05, 4.69) is 15.2 Å². The van der Waals surface area contributed by atoms with Crippen molar-refractivity contribution in [3.8, 4) is 17.0 Å². The van der Waals surface area contributed by atoms with Gasteiger partial charge in [-0.25, -0.2) is 19.2 Å². The number of ketones is 1. The number of Topliss-reactive ketones (excluding diaryl/α,β-unsaturated/α-hetero) is 1. The summed E-state index contributed by atoms with van der Waals surface area (Å²) in [5.74, 6) is -0.867. The van der Waals surface area contributed by atoms with Crippen LogP contribution in [0.1, 0.15) is 63.2 Å². The number of rotatable bonds is 7. The second-order valence-electron chi connectivity index (χ2n) is 13.0. The molecule has 4 heterocycles. The van der Waals surface area contributed by atoms with Crippen LogP contribution in [0.4, 0.5) is 26.4 Å². The number of carbonyl (C=O) groups excluding carboxylic acids is 1. The molecular weight excluding hydrogens is 611 g/mol. The Bertz CT molecular complexity index is 1790. The first-order valence-corrected chi connectivity index (χ1v) is 15.8. The molecule has 12 heteroatoms. The van der Waals surface area contributed by atoms with Crippen LogP contribution >= 0.6 is 11.6 Å². The summed E-state index contributed by atoms with van der Waals surface area (Å²) < 4.78 is 14.4. The van der Waals surface area contributed by atoms with Gasteiger partial charge in [-0.1, -0.05) is 18.0 Å². The predicted molar refractivity (Wildman–Crippen MR) is 176 cm³/mol. The summed E-state index contributed by atoms with van der Waals surface area (Å²) in [7, 11) is 0. The van der Waals surface area contributed by atoms with Crippen molar-refractivity contribution in [3.63, 3.8) is 0 Å². The standard InChI is InChI=1S/C34H36ClFN6O4/c1-34(2,3)42(33(45)46)22-8-5-13-41(18-22)28-12-9-21(16-38-28)39-29-23(31(43)19-6-4-7-19)17-37-27-11-10-26(40-30(27)29)20-14-24(35)32(44)25(36)15-20/h9-12,14-17,19,22,44H,4-8,13,18H2,1-3H3,(H,37,39)(H,45,46). The normalized spacial score (nSPS) is 17.1. The van der Waals surface area contributed by atoms with Crippen molar-refractivity contribution in [1.82, 2.24) is 19.9 Å². The van der Waals surface area contributed by atoms with Crippen LogP contribution in [0, 0.1) is 11.7 Å². The maximum atomic E-state index is 14.4. The molecule has 0 radical (unpaired) electrons. The number of carboxylic acid groups (broad SMARTS) is 1. The summed E-state index contributed by atoms with van der Waals surface area (Å²) in [6, 6.07) is 9.60. The Morgan fingerprint density at radius 2 is 1.85 bits per heavy atom. The largest absolute Gasteiger partial charge is 0.504 e. The Balaban J connectivity index is 1.33. The van der Waals surface area contributed by atoms with Crippen LogP contribution in [0.3, 0.4) is 0 Å². The summed E-state index contributed by atoms with van der Waals surface area (Å²) in [6.45, 7) is 7.01. The highest BCUT2D eigenvalue weighted by atomic mass is 35.5. The van der Waals surface area contributed by atoms with Crippen molar-refractivity contribution in [2.45, 2.75) is 64.5 Å². The second-order valence-corrected chi connectivity index (χ2v) is 13.4. The van der Waals surface area contributed by atoms with Crippen molar-refractivity contribution < 1.29 is 24.2 Å². The van der Waals surface area contributed by atoms with Crippen molar-refractivity contribution in [1.29, 1.82) is 0 Å². The molecule has 1 amide bonds. The van der Waals surface area contributed by atoms with E-state index in [4.69, 9.17) is 21.6 Å². The molecule has 4 aromatic rings. The molecular formula is C34H36ClFN6O4.